The third-order valence-corrected chi connectivity index (χ3v) is 3.29. The number of benzene rings is 1. The molecule has 0 atom stereocenters. The molecule has 112 valence electrons. The predicted molar refractivity (Wildman–Crippen MR) is 70.1 cm³/mol. The Morgan fingerprint density at radius 1 is 1.43 bits per heavy atom. The zero-order valence-corrected chi connectivity index (χ0v) is 12.2. The molecule has 0 saturated heterocycles. The van der Waals surface area contributed by atoms with E-state index in [0.29, 0.717) is 0 Å². The van der Waals surface area contributed by atoms with Gasteiger partial charge in [-0.25, -0.2) is 4.68 Å². The lowest BCUT2D eigenvalue weighted by atomic mass is 10.1. The SMILES string of the molecule is Cc1c(CC(=O)O)nnn1-c1ccc(Br)cc1C(F)(F)F. The summed E-state index contributed by atoms with van der Waals surface area (Å²) < 4.78 is 40.5. The average molecular weight is 364 g/mol. The summed E-state index contributed by atoms with van der Waals surface area (Å²) in [5.74, 6) is -1.13. The van der Waals surface area contributed by atoms with Crippen molar-refractivity contribution in [2.75, 3.05) is 0 Å². The van der Waals surface area contributed by atoms with Gasteiger partial charge in [0.15, 0.2) is 0 Å². The first kappa shape index (κ1) is 15.5. The minimum absolute atomic E-state index is 0.124. The summed E-state index contributed by atoms with van der Waals surface area (Å²) in [6, 6.07) is 3.63. The molecule has 1 heterocycles. The fraction of sp³-hybridized carbons (Fsp3) is 0.250. The van der Waals surface area contributed by atoms with Crippen molar-refractivity contribution in [3.63, 3.8) is 0 Å². The molecule has 0 bridgehead atoms. The van der Waals surface area contributed by atoms with Gasteiger partial charge < -0.3 is 5.11 Å². The van der Waals surface area contributed by atoms with Crippen LogP contribution in [0, 0.1) is 6.92 Å². The number of alkyl halides is 3. The monoisotopic (exact) mass is 363 g/mol. The average Bonchev–Trinajstić information content (AvgIpc) is 2.69. The molecule has 1 aromatic carbocycles. The Balaban J connectivity index is 2.58. The Morgan fingerprint density at radius 3 is 2.67 bits per heavy atom. The van der Waals surface area contributed by atoms with Crippen molar-refractivity contribution in [3.8, 4) is 5.69 Å². The van der Waals surface area contributed by atoms with E-state index in [1.807, 2.05) is 0 Å². The maximum absolute atomic E-state index is 13.1. The van der Waals surface area contributed by atoms with Crippen LogP contribution in [0.5, 0.6) is 0 Å². The van der Waals surface area contributed by atoms with E-state index >= 15 is 0 Å². The predicted octanol–water partition coefficient (Wildman–Crippen LogP) is 2.98. The molecule has 0 aliphatic rings. The summed E-state index contributed by atoms with van der Waals surface area (Å²) in [6.45, 7) is 1.47. The van der Waals surface area contributed by atoms with Crippen molar-refractivity contribution in [1.29, 1.82) is 0 Å². The molecule has 0 saturated carbocycles. The highest BCUT2D eigenvalue weighted by Crippen LogP contribution is 2.35. The van der Waals surface area contributed by atoms with Crippen molar-refractivity contribution in [2.45, 2.75) is 19.5 Å². The number of nitrogens with zero attached hydrogens (tertiary/aromatic N) is 3. The quantitative estimate of drug-likeness (QED) is 0.910. The molecule has 21 heavy (non-hydrogen) atoms. The van der Waals surface area contributed by atoms with Crippen LogP contribution >= 0.6 is 15.9 Å². The van der Waals surface area contributed by atoms with Gasteiger partial charge in [-0.05, 0) is 25.1 Å². The first-order chi connectivity index (χ1) is 9.70. The van der Waals surface area contributed by atoms with Crippen molar-refractivity contribution in [3.05, 3.63) is 39.6 Å². The van der Waals surface area contributed by atoms with Gasteiger partial charge in [0.1, 0.15) is 0 Å². The molecule has 5 nitrogen and oxygen atoms in total. The lowest BCUT2D eigenvalue weighted by Crippen LogP contribution is -2.12. The fourth-order valence-corrected chi connectivity index (χ4v) is 2.18. The first-order valence-electron chi connectivity index (χ1n) is 5.70. The van der Waals surface area contributed by atoms with Gasteiger partial charge in [-0.1, -0.05) is 21.1 Å². The number of carboxylic acid groups (broad SMARTS) is 1. The lowest BCUT2D eigenvalue weighted by Gasteiger charge is -2.13. The number of carbonyl (C=O) groups is 1. The minimum Gasteiger partial charge on any atom is -0.481 e. The highest BCUT2D eigenvalue weighted by molar-refractivity contribution is 9.10. The maximum Gasteiger partial charge on any atom is 0.418 e. The fourth-order valence-electron chi connectivity index (χ4n) is 1.82. The molecular weight excluding hydrogens is 355 g/mol. The highest BCUT2D eigenvalue weighted by Gasteiger charge is 2.35. The second kappa shape index (κ2) is 5.47. The zero-order valence-electron chi connectivity index (χ0n) is 10.6. The van der Waals surface area contributed by atoms with Gasteiger partial charge in [0.2, 0.25) is 0 Å². The molecule has 0 aliphatic heterocycles. The molecule has 0 amide bonds. The molecule has 0 unspecified atom stereocenters. The third kappa shape index (κ3) is 3.23. The van der Waals surface area contributed by atoms with Crippen molar-refractivity contribution >= 4 is 21.9 Å². The van der Waals surface area contributed by atoms with E-state index < -0.39 is 24.1 Å². The van der Waals surface area contributed by atoms with Gasteiger partial charge in [-0.15, -0.1) is 5.10 Å². The Kier molecular flexibility index (Phi) is 4.04. The van der Waals surface area contributed by atoms with Crippen LogP contribution in [0.3, 0.4) is 0 Å². The summed E-state index contributed by atoms with van der Waals surface area (Å²) in [5.41, 5.74) is -0.706. The number of halogens is 4. The maximum atomic E-state index is 13.1. The lowest BCUT2D eigenvalue weighted by molar-refractivity contribution is -0.138. The van der Waals surface area contributed by atoms with Gasteiger partial charge in [-0.2, -0.15) is 13.2 Å². The number of aliphatic carboxylic acids is 1. The molecule has 9 heteroatoms. The smallest absolute Gasteiger partial charge is 0.418 e. The van der Waals surface area contributed by atoms with Crippen LogP contribution in [0.15, 0.2) is 22.7 Å². The summed E-state index contributed by atoms with van der Waals surface area (Å²) in [4.78, 5) is 10.7. The normalized spacial score (nSPS) is 11.7. The Labute approximate surface area is 125 Å². The summed E-state index contributed by atoms with van der Waals surface area (Å²) in [6.07, 6.45) is -4.96. The van der Waals surface area contributed by atoms with E-state index in [9.17, 15) is 18.0 Å². The van der Waals surface area contributed by atoms with E-state index in [-0.39, 0.29) is 21.5 Å². The molecule has 2 aromatic rings. The second-order valence-electron chi connectivity index (χ2n) is 4.26. The van der Waals surface area contributed by atoms with Crippen molar-refractivity contribution in [1.82, 2.24) is 15.0 Å². The van der Waals surface area contributed by atoms with E-state index in [1.165, 1.54) is 19.1 Å². The molecular formula is C12H9BrF3N3O2. The van der Waals surface area contributed by atoms with Crippen LogP contribution in [0.25, 0.3) is 5.69 Å². The molecule has 0 spiro atoms. The zero-order chi connectivity index (χ0) is 15.8. The summed E-state index contributed by atoms with van der Waals surface area (Å²) in [7, 11) is 0. The van der Waals surface area contributed by atoms with E-state index in [4.69, 9.17) is 5.11 Å². The molecule has 0 radical (unpaired) electrons. The summed E-state index contributed by atoms with van der Waals surface area (Å²) in [5, 5.41) is 16.0. The van der Waals surface area contributed by atoms with Crippen molar-refractivity contribution < 1.29 is 23.1 Å². The van der Waals surface area contributed by atoms with Crippen LogP contribution in [-0.4, -0.2) is 26.1 Å². The van der Waals surface area contributed by atoms with Crippen LogP contribution in [0.1, 0.15) is 17.0 Å². The number of hydrogen-bond acceptors (Lipinski definition) is 3. The van der Waals surface area contributed by atoms with Crippen LogP contribution in [0.4, 0.5) is 13.2 Å². The van der Waals surface area contributed by atoms with E-state index in [0.717, 1.165) is 10.7 Å². The van der Waals surface area contributed by atoms with Crippen LogP contribution in [0.2, 0.25) is 0 Å². The number of carboxylic acids is 1. The highest BCUT2D eigenvalue weighted by atomic mass is 79.9. The van der Waals surface area contributed by atoms with Crippen molar-refractivity contribution in [2.24, 2.45) is 0 Å². The van der Waals surface area contributed by atoms with Gasteiger partial charge >= 0.3 is 12.1 Å². The van der Waals surface area contributed by atoms with Gasteiger partial charge in [0.05, 0.1) is 29.1 Å². The van der Waals surface area contributed by atoms with Gasteiger partial charge in [0, 0.05) is 4.47 Å². The Hall–Kier alpha value is -1.90. The second-order valence-corrected chi connectivity index (χ2v) is 5.18. The van der Waals surface area contributed by atoms with E-state index in [1.54, 1.807) is 0 Å². The van der Waals surface area contributed by atoms with Crippen LogP contribution < -0.4 is 0 Å². The Bertz CT molecular complexity index is 698. The molecule has 1 aromatic heterocycles. The Morgan fingerprint density at radius 2 is 2.10 bits per heavy atom. The molecule has 0 aliphatic carbocycles. The first-order valence-corrected chi connectivity index (χ1v) is 6.49. The van der Waals surface area contributed by atoms with E-state index in [2.05, 4.69) is 26.2 Å². The standard InChI is InChI=1S/C12H9BrF3N3O2/c1-6-9(5-11(20)21)17-18-19(6)10-3-2-7(13)4-8(10)12(14,15)16/h2-4H,5H2,1H3,(H,20,21). The largest absolute Gasteiger partial charge is 0.481 e. The number of aromatic nitrogens is 3. The van der Waals surface area contributed by atoms with Crippen LogP contribution in [-0.2, 0) is 17.4 Å². The molecule has 0 fully saturated rings. The molecule has 2 rings (SSSR count). The molecule has 1 N–H and O–H groups in total. The van der Waals surface area contributed by atoms with Gasteiger partial charge in [-0.3, -0.25) is 4.79 Å². The number of hydrogen-bond donors (Lipinski definition) is 1. The summed E-state index contributed by atoms with van der Waals surface area (Å²) >= 11 is 2.99. The van der Waals surface area contributed by atoms with Gasteiger partial charge in [0.25, 0.3) is 0 Å². The minimum atomic E-state index is -4.57. The topological polar surface area (TPSA) is 68.0 Å². The third-order valence-electron chi connectivity index (χ3n) is 2.80. The number of rotatable bonds is 3.